The predicted molar refractivity (Wildman–Crippen MR) is 80.9 cm³/mol. The van der Waals surface area contributed by atoms with E-state index in [0.29, 0.717) is 0 Å². The number of rotatable bonds is 4. The average molecular weight is 293 g/mol. The molecule has 0 spiro atoms. The van der Waals surface area contributed by atoms with Gasteiger partial charge in [0.2, 0.25) is 0 Å². The molecule has 3 rings (SSSR count). The highest BCUT2D eigenvalue weighted by molar-refractivity contribution is 4.95. The topological polar surface area (TPSA) is 55.2 Å². The van der Waals surface area contributed by atoms with E-state index in [1.54, 1.807) is 0 Å². The molecule has 0 radical (unpaired) electrons. The Kier molecular flexibility index (Phi) is 4.03. The molecule has 1 aromatic rings. The van der Waals surface area contributed by atoms with Crippen LogP contribution in [0.5, 0.6) is 0 Å². The monoisotopic (exact) mass is 293 g/mol. The molecule has 3 heterocycles. The molecular weight excluding hydrogens is 266 g/mol. The summed E-state index contributed by atoms with van der Waals surface area (Å²) >= 11 is 0. The van der Waals surface area contributed by atoms with Crippen LogP contribution in [0.3, 0.4) is 0 Å². The highest BCUT2D eigenvalue weighted by Gasteiger charge is 2.38. The zero-order valence-corrected chi connectivity index (χ0v) is 13.4. The number of nitrogens with zero attached hydrogens (tertiary/aromatic N) is 4. The molecule has 1 atom stereocenters. The molecule has 0 bridgehead atoms. The molecule has 1 N–H and O–H groups in total. The first-order valence-electron chi connectivity index (χ1n) is 7.88. The molecule has 1 saturated heterocycles. The van der Waals surface area contributed by atoms with Crippen LogP contribution in [-0.4, -0.2) is 58.1 Å². The van der Waals surface area contributed by atoms with Gasteiger partial charge in [0.15, 0.2) is 0 Å². The van der Waals surface area contributed by atoms with Gasteiger partial charge in [0.05, 0.1) is 13.2 Å². The summed E-state index contributed by atoms with van der Waals surface area (Å²) in [6.07, 6.45) is 2.97. The van der Waals surface area contributed by atoms with Crippen molar-refractivity contribution in [3.63, 3.8) is 0 Å². The number of nitrogens with one attached hydrogen (secondary N) is 1. The summed E-state index contributed by atoms with van der Waals surface area (Å²) in [5.74, 6) is 1.08. The van der Waals surface area contributed by atoms with Crippen LogP contribution in [0, 0.1) is 5.41 Å². The van der Waals surface area contributed by atoms with Gasteiger partial charge in [-0.2, -0.15) is 0 Å². The Morgan fingerprint density at radius 3 is 2.95 bits per heavy atom. The van der Waals surface area contributed by atoms with Crippen LogP contribution in [-0.2, 0) is 17.8 Å². The lowest BCUT2D eigenvalue weighted by atomic mass is 9.85. The minimum Gasteiger partial charge on any atom is -0.381 e. The molecule has 6 heteroatoms. The average Bonchev–Trinajstić information content (AvgIpc) is 3.05. The van der Waals surface area contributed by atoms with Gasteiger partial charge in [-0.05, 0) is 27.2 Å². The van der Waals surface area contributed by atoms with E-state index in [-0.39, 0.29) is 11.0 Å². The maximum atomic E-state index is 5.72. The molecule has 2 aliphatic rings. The van der Waals surface area contributed by atoms with Crippen molar-refractivity contribution < 1.29 is 4.74 Å². The second kappa shape index (κ2) is 5.66. The number of fused-ring (bicyclic) bond motifs is 1. The highest BCUT2D eigenvalue weighted by atomic mass is 16.5. The van der Waals surface area contributed by atoms with Crippen LogP contribution in [0.25, 0.3) is 0 Å². The lowest BCUT2D eigenvalue weighted by molar-refractivity contribution is 0.0886. The molecular formula is C15H27N5O. The van der Waals surface area contributed by atoms with Crippen molar-refractivity contribution in [1.82, 2.24) is 25.0 Å². The maximum absolute atomic E-state index is 5.72. The van der Waals surface area contributed by atoms with Crippen molar-refractivity contribution in [2.24, 2.45) is 5.41 Å². The summed E-state index contributed by atoms with van der Waals surface area (Å²) in [6.45, 7) is 13.5. The molecule has 2 aliphatic heterocycles. The van der Waals surface area contributed by atoms with Gasteiger partial charge in [0, 0.05) is 43.7 Å². The van der Waals surface area contributed by atoms with E-state index < -0.39 is 0 Å². The molecule has 1 fully saturated rings. The van der Waals surface area contributed by atoms with Crippen molar-refractivity contribution in [3.8, 4) is 0 Å². The van der Waals surface area contributed by atoms with Crippen molar-refractivity contribution in [1.29, 1.82) is 0 Å². The Labute approximate surface area is 126 Å². The van der Waals surface area contributed by atoms with Crippen LogP contribution >= 0.6 is 0 Å². The SMILES string of the molecule is CC(C)(C)NCC1(CN2CCn3cnnc3C2)CCOC1. The fraction of sp³-hybridized carbons (Fsp3) is 0.867. The third-order valence-electron chi connectivity index (χ3n) is 4.46. The summed E-state index contributed by atoms with van der Waals surface area (Å²) in [5.41, 5.74) is 0.382. The van der Waals surface area contributed by atoms with E-state index in [4.69, 9.17) is 4.74 Å². The maximum Gasteiger partial charge on any atom is 0.147 e. The van der Waals surface area contributed by atoms with E-state index in [2.05, 4.69) is 45.8 Å². The molecule has 118 valence electrons. The van der Waals surface area contributed by atoms with E-state index in [1.165, 1.54) is 0 Å². The fourth-order valence-electron chi connectivity index (χ4n) is 3.15. The fourth-order valence-corrected chi connectivity index (χ4v) is 3.15. The van der Waals surface area contributed by atoms with E-state index >= 15 is 0 Å². The van der Waals surface area contributed by atoms with E-state index in [1.807, 2.05) is 6.33 Å². The third-order valence-corrected chi connectivity index (χ3v) is 4.46. The smallest absolute Gasteiger partial charge is 0.147 e. The Balaban J connectivity index is 1.63. The summed E-state index contributed by atoms with van der Waals surface area (Å²) in [4.78, 5) is 2.50. The molecule has 0 amide bonds. The first kappa shape index (κ1) is 14.9. The van der Waals surface area contributed by atoms with Crippen molar-refractivity contribution >= 4 is 0 Å². The number of aromatic nitrogens is 3. The molecule has 1 unspecified atom stereocenters. The van der Waals surface area contributed by atoms with E-state index in [0.717, 1.165) is 58.2 Å². The van der Waals surface area contributed by atoms with Crippen LogP contribution < -0.4 is 5.32 Å². The van der Waals surface area contributed by atoms with Gasteiger partial charge in [-0.15, -0.1) is 10.2 Å². The number of hydrogen-bond acceptors (Lipinski definition) is 5. The standard InChI is InChI=1S/C15H27N5O/c1-14(2,3)16-9-15(4-7-21-11-15)10-19-5-6-20-12-17-18-13(20)8-19/h12,16H,4-11H2,1-3H3. The molecule has 0 aromatic carbocycles. The van der Waals surface area contributed by atoms with Gasteiger partial charge in [-0.25, -0.2) is 0 Å². The predicted octanol–water partition coefficient (Wildman–Crippen LogP) is 0.889. The second-order valence-corrected chi connectivity index (χ2v) is 7.56. The Morgan fingerprint density at radius 1 is 1.38 bits per heavy atom. The first-order valence-corrected chi connectivity index (χ1v) is 7.88. The Hall–Kier alpha value is -0.980. The molecule has 0 aliphatic carbocycles. The number of hydrogen-bond donors (Lipinski definition) is 1. The van der Waals surface area contributed by atoms with Crippen molar-refractivity contribution in [2.45, 2.75) is 45.8 Å². The minimum atomic E-state index is 0.150. The van der Waals surface area contributed by atoms with Crippen LogP contribution in [0.15, 0.2) is 6.33 Å². The zero-order chi connectivity index (χ0) is 14.9. The van der Waals surface area contributed by atoms with Gasteiger partial charge in [0.1, 0.15) is 12.2 Å². The molecule has 1 aromatic heterocycles. The van der Waals surface area contributed by atoms with Crippen LogP contribution in [0.4, 0.5) is 0 Å². The Bertz CT molecular complexity index is 473. The molecule has 6 nitrogen and oxygen atoms in total. The van der Waals surface area contributed by atoms with Crippen LogP contribution in [0.2, 0.25) is 0 Å². The lowest BCUT2D eigenvalue weighted by Crippen LogP contribution is -2.50. The van der Waals surface area contributed by atoms with Gasteiger partial charge in [-0.3, -0.25) is 4.90 Å². The lowest BCUT2D eigenvalue weighted by Gasteiger charge is -2.38. The van der Waals surface area contributed by atoms with Crippen LogP contribution in [0.1, 0.15) is 33.0 Å². The summed E-state index contributed by atoms with van der Waals surface area (Å²) in [5, 5.41) is 11.9. The van der Waals surface area contributed by atoms with Gasteiger partial charge >= 0.3 is 0 Å². The van der Waals surface area contributed by atoms with Gasteiger partial charge in [-0.1, -0.05) is 0 Å². The summed E-state index contributed by atoms with van der Waals surface area (Å²) in [7, 11) is 0. The first-order chi connectivity index (χ1) is 9.96. The molecule has 0 saturated carbocycles. The second-order valence-electron chi connectivity index (χ2n) is 7.56. The summed E-state index contributed by atoms with van der Waals surface area (Å²) < 4.78 is 7.88. The minimum absolute atomic E-state index is 0.150. The van der Waals surface area contributed by atoms with Crippen molar-refractivity contribution in [2.75, 3.05) is 32.8 Å². The summed E-state index contributed by atoms with van der Waals surface area (Å²) in [6, 6.07) is 0. The van der Waals surface area contributed by atoms with Gasteiger partial charge in [0.25, 0.3) is 0 Å². The third kappa shape index (κ3) is 3.62. The highest BCUT2D eigenvalue weighted by Crippen LogP contribution is 2.30. The van der Waals surface area contributed by atoms with E-state index in [9.17, 15) is 0 Å². The Morgan fingerprint density at radius 2 is 2.24 bits per heavy atom. The van der Waals surface area contributed by atoms with Crippen molar-refractivity contribution in [3.05, 3.63) is 12.2 Å². The molecule has 21 heavy (non-hydrogen) atoms. The largest absolute Gasteiger partial charge is 0.381 e. The normalized spacial score (nSPS) is 27.0. The van der Waals surface area contributed by atoms with Gasteiger partial charge < -0.3 is 14.6 Å². The zero-order valence-electron chi connectivity index (χ0n) is 13.4. The number of ether oxygens (including phenoxy) is 1. The quantitative estimate of drug-likeness (QED) is 0.893.